The van der Waals surface area contributed by atoms with Gasteiger partial charge in [-0.05, 0) is 36.3 Å². The number of nitrogens with two attached hydrogens (primary N) is 2. The van der Waals surface area contributed by atoms with E-state index in [4.69, 9.17) is 20.9 Å². The van der Waals surface area contributed by atoms with Crippen LogP contribution in [-0.4, -0.2) is 25.8 Å². The van der Waals surface area contributed by atoms with Gasteiger partial charge in [-0.3, -0.25) is 0 Å². The summed E-state index contributed by atoms with van der Waals surface area (Å²) in [4.78, 5) is 0. The average molecular weight is 278 g/mol. The summed E-state index contributed by atoms with van der Waals surface area (Å²) in [7, 11) is 3.10. The lowest BCUT2D eigenvalue weighted by molar-refractivity contribution is 0.206. The fourth-order valence-corrected chi connectivity index (χ4v) is 2.26. The van der Waals surface area contributed by atoms with Crippen LogP contribution in [0.1, 0.15) is 5.56 Å². The van der Waals surface area contributed by atoms with Crippen molar-refractivity contribution in [1.82, 2.24) is 0 Å². The Kier molecular flexibility index (Phi) is 4.11. The second kappa shape index (κ2) is 5.64. The van der Waals surface area contributed by atoms with Gasteiger partial charge >= 0.3 is 0 Å². The summed E-state index contributed by atoms with van der Waals surface area (Å²) in [5.74, 6) is 0.849. The first-order chi connectivity index (χ1) is 9.48. The van der Waals surface area contributed by atoms with E-state index in [-0.39, 0.29) is 5.82 Å². The zero-order chi connectivity index (χ0) is 14.8. The van der Waals surface area contributed by atoms with Gasteiger partial charge < -0.3 is 20.9 Å². The zero-order valence-electron chi connectivity index (χ0n) is 11.6. The first-order valence-electron chi connectivity index (χ1n) is 6.30. The van der Waals surface area contributed by atoms with E-state index < -0.39 is 11.6 Å². The van der Waals surface area contributed by atoms with Crippen molar-refractivity contribution < 1.29 is 13.9 Å². The molecule has 0 saturated carbocycles. The zero-order valence-corrected chi connectivity index (χ0v) is 11.6. The molecule has 1 aliphatic rings. The summed E-state index contributed by atoms with van der Waals surface area (Å²) < 4.78 is 23.4. The van der Waals surface area contributed by atoms with Gasteiger partial charge in [0.25, 0.3) is 0 Å². The quantitative estimate of drug-likeness (QED) is 0.875. The van der Waals surface area contributed by atoms with Gasteiger partial charge in [-0.2, -0.15) is 0 Å². The Labute approximate surface area is 117 Å². The van der Waals surface area contributed by atoms with Crippen molar-refractivity contribution in [2.45, 2.75) is 18.0 Å². The minimum atomic E-state index is -0.800. The van der Waals surface area contributed by atoms with E-state index in [2.05, 4.69) is 0 Å². The van der Waals surface area contributed by atoms with E-state index in [0.717, 1.165) is 5.56 Å². The van der Waals surface area contributed by atoms with E-state index in [9.17, 15) is 4.39 Å². The highest BCUT2D eigenvalue weighted by Gasteiger charge is 2.35. The number of rotatable bonds is 4. The maximum Gasteiger partial charge on any atom is 0.158 e. The number of hydrogen-bond donors (Lipinski definition) is 2. The molecule has 0 bridgehead atoms. The molecule has 1 aliphatic carbocycles. The first kappa shape index (κ1) is 14.6. The second-order valence-corrected chi connectivity index (χ2v) is 4.89. The third kappa shape index (κ3) is 2.84. The van der Waals surface area contributed by atoms with Gasteiger partial charge in [0.2, 0.25) is 0 Å². The fourth-order valence-electron chi connectivity index (χ4n) is 2.26. The van der Waals surface area contributed by atoms with Gasteiger partial charge in [0, 0.05) is 6.04 Å². The maximum absolute atomic E-state index is 12.9. The van der Waals surface area contributed by atoms with Crippen molar-refractivity contribution in [3.05, 3.63) is 59.3 Å². The Morgan fingerprint density at radius 2 is 1.75 bits per heavy atom. The van der Waals surface area contributed by atoms with Gasteiger partial charge in [-0.1, -0.05) is 12.1 Å². The second-order valence-electron chi connectivity index (χ2n) is 4.89. The topological polar surface area (TPSA) is 70.5 Å². The Morgan fingerprint density at radius 1 is 1.15 bits per heavy atom. The molecule has 0 radical (unpaired) electrons. The third-order valence-electron chi connectivity index (χ3n) is 3.46. The van der Waals surface area contributed by atoms with Gasteiger partial charge in [0.1, 0.15) is 5.82 Å². The Bertz CT molecular complexity index is 539. The van der Waals surface area contributed by atoms with Crippen LogP contribution in [0.15, 0.2) is 47.9 Å². The molecule has 2 rings (SSSR count). The Hall–Kier alpha value is -1.85. The van der Waals surface area contributed by atoms with Crippen molar-refractivity contribution in [2.75, 3.05) is 14.2 Å². The molecule has 2 unspecified atom stereocenters. The lowest BCUT2D eigenvalue weighted by Gasteiger charge is -2.35. The fraction of sp³-hybridized carbons (Fsp3) is 0.333. The van der Waals surface area contributed by atoms with Crippen LogP contribution in [0.4, 0.5) is 4.39 Å². The highest BCUT2D eigenvalue weighted by Crippen LogP contribution is 2.27. The molecule has 0 spiro atoms. The minimum absolute atomic E-state index is 0.276. The largest absolute Gasteiger partial charge is 0.493 e. The Balaban J connectivity index is 2.27. The highest BCUT2D eigenvalue weighted by atomic mass is 19.1. The molecule has 5 heteroatoms. The molecule has 0 aromatic heterocycles. The standard InChI is InChI=1S/C15H19FN2O2/c1-19-12-7-14(17)15(18,9-13(12)20-2)8-10-3-5-11(16)6-4-10/h3-7,9,14H,8,17-18H2,1-2H3. The molecule has 0 saturated heterocycles. The number of benzene rings is 1. The van der Waals surface area contributed by atoms with Crippen LogP contribution in [0.25, 0.3) is 0 Å². The number of halogens is 1. The molecule has 2 atom stereocenters. The van der Waals surface area contributed by atoms with Crippen LogP contribution in [0.3, 0.4) is 0 Å². The van der Waals surface area contributed by atoms with Crippen LogP contribution in [0.5, 0.6) is 0 Å². The minimum Gasteiger partial charge on any atom is -0.493 e. The first-order valence-corrected chi connectivity index (χ1v) is 6.30. The van der Waals surface area contributed by atoms with Crippen LogP contribution in [-0.2, 0) is 15.9 Å². The van der Waals surface area contributed by atoms with Crippen molar-refractivity contribution in [1.29, 1.82) is 0 Å². The monoisotopic (exact) mass is 278 g/mol. The molecule has 4 N–H and O–H groups in total. The van der Waals surface area contributed by atoms with Gasteiger partial charge in [-0.15, -0.1) is 0 Å². The number of hydrogen-bond acceptors (Lipinski definition) is 4. The highest BCUT2D eigenvalue weighted by molar-refractivity contribution is 5.37. The molecule has 0 aliphatic heterocycles. The average Bonchev–Trinajstić information content (AvgIpc) is 2.44. The van der Waals surface area contributed by atoms with Crippen molar-refractivity contribution >= 4 is 0 Å². The van der Waals surface area contributed by atoms with Crippen molar-refractivity contribution in [2.24, 2.45) is 11.5 Å². The van der Waals surface area contributed by atoms with Crippen LogP contribution < -0.4 is 11.5 Å². The molecule has 0 heterocycles. The van der Waals surface area contributed by atoms with Crippen LogP contribution in [0.2, 0.25) is 0 Å². The molecule has 4 nitrogen and oxygen atoms in total. The van der Waals surface area contributed by atoms with Gasteiger partial charge in [0.15, 0.2) is 11.5 Å². The molecule has 1 aromatic carbocycles. The number of methoxy groups -OCH3 is 2. The SMILES string of the molecule is COC1=CC(N)C(N)(Cc2ccc(F)cc2)C=C1OC. The summed E-state index contributed by atoms with van der Waals surface area (Å²) in [6.45, 7) is 0. The predicted octanol–water partition coefficient (Wildman–Crippen LogP) is 1.47. The molecular weight excluding hydrogens is 259 g/mol. The normalized spacial score (nSPS) is 25.8. The van der Waals surface area contributed by atoms with E-state index in [1.807, 2.05) is 0 Å². The summed E-state index contributed by atoms with van der Waals surface area (Å²) >= 11 is 0. The van der Waals surface area contributed by atoms with Gasteiger partial charge in [-0.25, -0.2) is 4.39 Å². The van der Waals surface area contributed by atoms with E-state index in [0.29, 0.717) is 17.9 Å². The van der Waals surface area contributed by atoms with Crippen molar-refractivity contribution in [3.8, 4) is 0 Å². The maximum atomic E-state index is 12.9. The van der Waals surface area contributed by atoms with E-state index >= 15 is 0 Å². The lowest BCUT2D eigenvalue weighted by atomic mass is 9.81. The van der Waals surface area contributed by atoms with E-state index in [1.165, 1.54) is 12.1 Å². The molecule has 0 fully saturated rings. The van der Waals surface area contributed by atoms with Gasteiger partial charge in [0.05, 0.1) is 19.8 Å². The summed E-state index contributed by atoms with van der Waals surface area (Å²) in [5.41, 5.74) is 12.6. The molecule has 108 valence electrons. The predicted molar refractivity (Wildman–Crippen MR) is 75.2 cm³/mol. The smallest absolute Gasteiger partial charge is 0.158 e. The van der Waals surface area contributed by atoms with Crippen LogP contribution in [0, 0.1) is 5.82 Å². The lowest BCUT2D eigenvalue weighted by Crippen LogP contribution is -2.56. The summed E-state index contributed by atoms with van der Waals surface area (Å²) in [5, 5.41) is 0. The van der Waals surface area contributed by atoms with Crippen LogP contribution >= 0.6 is 0 Å². The summed E-state index contributed by atoms with van der Waals surface area (Å²) in [6.07, 6.45) is 3.98. The summed E-state index contributed by atoms with van der Waals surface area (Å²) in [6, 6.07) is 5.80. The third-order valence-corrected chi connectivity index (χ3v) is 3.46. The molecule has 0 amide bonds. The molecular formula is C15H19FN2O2. The number of ether oxygens (including phenoxy) is 2. The van der Waals surface area contributed by atoms with Crippen molar-refractivity contribution in [3.63, 3.8) is 0 Å². The Morgan fingerprint density at radius 3 is 2.30 bits per heavy atom. The molecule has 20 heavy (non-hydrogen) atoms. The molecule has 1 aromatic rings. The van der Waals surface area contributed by atoms with E-state index in [1.54, 1.807) is 38.5 Å².